The number of carbonyl (C=O) groups excluding carboxylic acids is 2. The number of hydrogen-bond acceptors (Lipinski definition) is 8. The first-order chi connectivity index (χ1) is 11.7. The topological polar surface area (TPSA) is 115 Å². The highest BCUT2D eigenvalue weighted by Crippen LogP contribution is 2.38. The number of ether oxygens (including phenoxy) is 3. The minimum Gasteiger partial charge on any atom is -0.493 e. The van der Waals surface area contributed by atoms with E-state index in [9.17, 15) is 14.5 Å². The quantitative estimate of drug-likeness (QED) is 0.440. The number of amides is 1. The first-order valence-electron chi connectivity index (χ1n) is 7.57. The molecule has 0 bridgehead atoms. The molecule has 138 valence electrons. The summed E-state index contributed by atoms with van der Waals surface area (Å²) in [5.74, 6) is -0.619. The van der Waals surface area contributed by atoms with Crippen molar-refractivity contribution < 1.29 is 23.8 Å². The van der Waals surface area contributed by atoms with Gasteiger partial charge in [-0.15, -0.1) is 4.91 Å². The van der Waals surface area contributed by atoms with Gasteiger partial charge in [0.05, 0.1) is 19.9 Å². The molecular weight excluding hydrogens is 330 g/mol. The van der Waals surface area contributed by atoms with Crippen molar-refractivity contribution in [2.75, 3.05) is 32.6 Å². The van der Waals surface area contributed by atoms with Crippen molar-refractivity contribution in [3.63, 3.8) is 0 Å². The van der Waals surface area contributed by atoms with Crippen LogP contribution in [-0.4, -0.2) is 45.0 Å². The summed E-state index contributed by atoms with van der Waals surface area (Å²) in [6.07, 6.45) is -0.540. The Labute approximate surface area is 146 Å². The van der Waals surface area contributed by atoms with E-state index in [0.29, 0.717) is 12.2 Å². The molecule has 25 heavy (non-hydrogen) atoms. The van der Waals surface area contributed by atoms with Crippen molar-refractivity contribution in [3.8, 4) is 5.75 Å². The molecule has 0 heterocycles. The van der Waals surface area contributed by atoms with E-state index >= 15 is 0 Å². The van der Waals surface area contributed by atoms with Crippen LogP contribution in [0, 0.1) is 4.91 Å². The van der Waals surface area contributed by atoms with Crippen LogP contribution < -0.4 is 15.4 Å². The summed E-state index contributed by atoms with van der Waals surface area (Å²) in [5, 5.41) is 8.45. The molecule has 9 nitrogen and oxygen atoms in total. The number of methoxy groups -OCH3 is 2. The number of esters is 1. The molecule has 0 aliphatic rings. The zero-order chi connectivity index (χ0) is 19.0. The summed E-state index contributed by atoms with van der Waals surface area (Å²) in [7, 11) is 2.55. The van der Waals surface area contributed by atoms with Gasteiger partial charge in [-0.25, -0.2) is 9.59 Å². The monoisotopic (exact) mass is 353 g/mol. The van der Waals surface area contributed by atoms with Crippen molar-refractivity contribution in [1.29, 1.82) is 0 Å². The van der Waals surface area contributed by atoms with Gasteiger partial charge < -0.3 is 24.8 Å². The number of anilines is 1. The molecule has 1 amide bonds. The van der Waals surface area contributed by atoms with Crippen LogP contribution in [-0.2, 0) is 9.47 Å². The number of nitroso groups, excluding NO2 is 1. The van der Waals surface area contributed by atoms with Gasteiger partial charge in [0.1, 0.15) is 11.2 Å². The largest absolute Gasteiger partial charge is 0.493 e. The van der Waals surface area contributed by atoms with Crippen LogP contribution in [0.4, 0.5) is 16.2 Å². The fraction of sp³-hybridized carbons (Fsp3) is 0.500. The Hall–Kier alpha value is -2.84. The van der Waals surface area contributed by atoms with Crippen molar-refractivity contribution >= 4 is 23.4 Å². The molecule has 1 aromatic carbocycles. The maximum atomic E-state index is 11.7. The van der Waals surface area contributed by atoms with Gasteiger partial charge in [-0.1, -0.05) is 0 Å². The summed E-state index contributed by atoms with van der Waals surface area (Å²) in [6.45, 7) is 5.86. The predicted octanol–water partition coefficient (Wildman–Crippen LogP) is 2.82. The van der Waals surface area contributed by atoms with Crippen molar-refractivity contribution in [1.82, 2.24) is 5.32 Å². The van der Waals surface area contributed by atoms with Gasteiger partial charge in [0.25, 0.3) is 0 Å². The van der Waals surface area contributed by atoms with Gasteiger partial charge in [-0.05, 0) is 38.1 Å². The summed E-state index contributed by atoms with van der Waals surface area (Å²) < 4.78 is 14.9. The van der Waals surface area contributed by atoms with Crippen LogP contribution >= 0.6 is 0 Å². The molecular formula is C16H23N3O6. The van der Waals surface area contributed by atoms with Gasteiger partial charge >= 0.3 is 12.1 Å². The third kappa shape index (κ3) is 5.94. The number of rotatable bonds is 7. The average Bonchev–Trinajstić information content (AvgIpc) is 2.55. The molecule has 0 radical (unpaired) electrons. The second-order valence-electron chi connectivity index (χ2n) is 5.98. The smallest absolute Gasteiger partial charge is 0.407 e. The van der Waals surface area contributed by atoms with Crippen molar-refractivity contribution in [2.45, 2.75) is 26.4 Å². The minimum absolute atomic E-state index is 0.0203. The van der Waals surface area contributed by atoms with E-state index < -0.39 is 17.7 Å². The molecule has 2 N–H and O–H groups in total. The maximum Gasteiger partial charge on any atom is 0.407 e. The number of nitrogens with one attached hydrogen (secondary N) is 2. The molecule has 0 spiro atoms. The SMILES string of the molecule is COC(=O)c1ccc(NCCNC(=O)OC(C)(C)C)c(N=O)c1OC. The molecule has 1 rings (SSSR count). The Morgan fingerprint density at radius 1 is 1.16 bits per heavy atom. The number of benzene rings is 1. The molecule has 0 saturated carbocycles. The zero-order valence-corrected chi connectivity index (χ0v) is 15.0. The van der Waals surface area contributed by atoms with Crippen molar-refractivity contribution in [3.05, 3.63) is 22.6 Å². The van der Waals surface area contributed by atoms with E-state index in [1.165, 1.54) is 26.4 Å². The fourth-order valence-electron chi connectivity index (χ4n) is 1.96. The Bertz CT molecular complexity index is 639. The third-order valence-electron chi connectivity index (χ3n) is 2.94. The second-order valence-corrected chi connectivity index (χ2v) is 5.98. The van der Waals surface area contributed by atoms with E-state index in [1.54, 1.807) is 20.8 Å². The number of alkyl carbamates (subject to hydrolysis) is 1. The highest BCUT2D eigenvalue weighted by Gasteiger charge is 2.20. The molecule has 0 fully saturated rings. The number of carbonyl (C=O) groups is 2. The molecule has 0 unspecified atom stereocenters. The van der Waals surface area contributed by atoms with Crippen LogP contribution in [0.1, 0.15) is 31.1 Å². The molecule has 0 aromatic heterocycles. The maximum absolute atomic E-state index is 11.7. The van der Waals surface area contributed by atoms with Gasteiger partial charge in [-0.3, -0.25) is 0 Å². The van der Waals surface area contributed by atoms with Gasteiger partial charge in [0.2, 0.25) is 0 Å². The van der Waals surface area contributed by atoms with Gasteiger partial charge in [-0.2, -0.15) is 0 Å². The standard InChI is InChI=1S/C16H23N3O6/c1-16(2,3)25-15(21)18-9-8-17-11-7-6-10(14(20)24-5)13(23-4)12(11)19-22/h6-7,17H,8-9H2,1-5H3,(H,18,21). The van der Waals surface area contributed by atoms with E-state index in [1.807, 2.05) is 0 Å². The summed E-state index contributed by atoms with van der Waals surface area (Å²) >= 11 is 0. The Balaban J connectivity index is 2.75. The lowest BCUT2D eigenvalue weighted by Crippen LogP contribution is -2.35. The Morgan fingerprint density at radius 3 is 2.36 bits per heavy atom. The van der Waals surface area contributed by atoms with Crippen LogP contribution in [0.3, 0.4) is 0 Å². The van der Waals surface area contributed by atoms with Crippen molar-refractivity contribution in [2.24, 2.45) is 5.18 Å². The molecule has 0 aliphatic heterocycles. The summed E-state index contributed by atoms with van der Waals surface area (Å²) in [6, 6.07) is 2.97. The number of hydrogen-bond donors (Lipinski definition) is 2. The molecule has 0 saturated heterocycles. The van der Waals surface area contributed by atoms with Crippen LogP contribution in [0.15, 0.2) is 17.3 Å². The minimum atomic E-state index is -0.639. The molecule has 0 aliphatic carbocycles. The molecule has 0 atom stereocenters. The third-order valence-corrected chi connectivity index (χ3v) is 2.94. The Kier molecular flexibility index (Phi) is 7.16. The fourth-order valence-corrected chi connectivity index (χ4v) is 1.96. The van der Waals surface area contributed by atoms with Gasteiger partial charge in [0.15, 0.2) is 11.4 Å². The summed E-state index contributed by atoms with van der Waals surface area (Å²) in [5.41, 5.74) is -0.173. The predicted molar refractivity (Wildman–Crippen MR) is 92.5 cm³/mol. The van der Waals surface area contributed by atoms with E-state index in [2.05, 4.69) is 20.5 Å². The van der Waals surface area contributed by atoms with Crippen LogP contribution in [0.25, 0.3) is 0 Å². The average molecular weight is 353 g/mol. The normalized spacial score (nSPS) is 10.6. The van der Waals surface area contributed by atoms with Gasteiger partial charge in [0, 0.05) is 13.1 Å². The lowest BCUT2D eigenvalue weighted by Gasteiger charge is -2.20. The lowest BCUT2D eigenvalue weighted by molar-refractivity contribution is 0.0528. The molecule has 9 heteroatoms. The van der Waals surface area contributed by atoms with Crippen LogP contribution in [0.5, 0.6) is 5.75 Å². The second kappa shape index (κ2) is 8.86. The molecule has 1 aromatic rings. The van der Waals surface area contributed by atoms with E-state index in [0.717, 1.165) is 0 Å². The summed E-state index contributed by atoms with van der Waals surface area (Å²) in [4.78, 5) is 34.4. The number of nitrogens with zero attached hydrogens (tertiary/aromatic N) is 1. The van der Waals surface area contributed by atoms with E-state index in [4.69, 9.17) is 9.47 Å². The first kappa shape index (κ1) is 20.2. The lowest BCUT2D eigenvalue weighted by atomic mass is 10.1. The van der Waals surface area contributed by atoms with Crippen LogP contribution in [0.2, 0.25) is 0 Å². The highest BCUT2D eigenvalue weighted by molar-refractivity contribution is 5.96. The Morgan fingerprint density at radius 2 is 1.84 bits per heavy atom. The zero-order valence-electron chi connectivity index (χ0n) is 15.0. The highest BCUT2D eigenvalue weighted by atomic mass is 16.6. The first-order valence-corrected chi connectivity index (χ1v) is 7.57. The van der Waals surface area contributed by atoms with E-state index in [-0.39, 0.29) is 23.5 Å².